The Kier molecular flexibility index (Phi) is 5.96. The van der Waals surface area contributed by atoms with Crippen LogP contribution < -0.4 is 10.1 Å². The number of aromatic nitrogens is 2. The van der Waals surface area contributed by atoms with Crippen molar-refractivity contribution in [3.63, 3.8) is 0 Å². The molecule has 0 unspecified atom stereocenters. The van der Waals surface area contributed by atoms with E-state index < -0.39 is 0 Å². The predicted molar refractivity (Wildman–Crippen MR) is 103 cm³/mol. The number of thiazole rings is 1. The molecule has 0 bridgehead atoms. The fourth-order valence-electron chi connectivity index (χ4n) is 2.28. The van der Waals surface area contributed by atoms with Gasteiger partial charge in [0.2, 0.25) is 0 Å². The zero-order valence-electron chi connectivity index (χ0n) is 14.8. The lowest BCUT2D eigenvalue weighted by Gasteiger charge is -2.10. The first-order chi connectivity index (χ1) is 12.6. The van der Waals surface area contributed by atoms with Crippen LogP contribution in [-0.4, -0.2) is 22.5 Å². The highest BCUT2D eigenvalue weighted by atomic mass is 32.1. The van der Waals surface area contributed by atoms with Gasteiger partial charge in [0, 0.05) is 28.9 Å². The van der Waals surface area contributed by atoms with Gasteiger partial charge in [0.15, 0.2) is 0 Å². The standard InChI is InChI=1S/C20H21N3O2S/c1-14(2)12-25-18-5-3-4-16(10-18)19(24)22-11-17-13-26-20(23-17)15-6-8-21-9-7-15/h3-10,13-14H,11-12H2,1-2H3,(H,22,24). The Morgan fingerprint density at radius 1 is 1.23 bits per heavy atom. The summed E-state index contributed by atoms with van der Waals surface area (Å²) >= 11 is 1.55. The Labute approximate surface area is 157 Å². The highest BCUT2D eigenvalue weighted by molar-refractivity contribution is 7.13. The molecule has 0 aliphatic heterocycles. The highest BCUT2D eigenvalue weighted by Gasteiger charge is 2.09. The van der Waals surface area contributed by atoms with E-state index in [0.29, 0.717) is 30.4 Å². The molecule has 0 aliphatic carbocycles. The smallest absolute Gasteiger partial charge is 0.251 e. The molecule has 2 aromatic heterocycles. The van der Waals surface area contributed by atoms with Crippen LogP contribution in [0.5, 0.6) is 5.75 Å². The third-order valence-electron chi connectivity index (χ3n) is 3.59. The quantitative estimate of drug-likeness (QED) is 0.681. The van der Waals surface area contributed by atoms with Gasteiger partial charge in [0.25, 0.3) is 5.91 Å². The summed E-state index contributed by atoms with van der Waals surface area (Å²) in [5.41, 5.74) is 2.44. The fraction of sp³-hybridized carbons (Fsp3) is 0.250. The third kappa shape index (κ3) is 4.89. The molecule has 0 radical (unpaired) electrons. The number of hydrogen-bond donors (Lipinski definition) is 1. The molecule has 1 amide bonds. The predicted octanol–water partition coefficient (Wildman–Crippen LogP) is 4.17. The molecule has 5 nitrogen and oxygen atoms in total. The van der Waals surface area contributed by atoms with Crippen molar-refractivity contribution in [1.29, 1.82) is 0 Å². The van der Waals surface area contributed by atoms with Gasteiger partial charge < -0.3 is 10.1 Å². The Bertz CT molecular complexity index is 862. The van der Waals surface area contributed by atoms with Crippen LogP contribution in [-0.2, 0) is 6.54 Å². The lowest BCUT2D eigenvalue weighted by atomic mass is 10.2. The van der Waals surface area contributed by atoms with Gasteiger partial charge in [-0.3, -0.25) is 9.78 Å². The molecular weight excluding hydrogens is 346 g/mol. The molecule has 0 spiro atoms. The summed E-state index contributed by atoms with van der Waals surface area (Å²) in [6.45, 7) is 5.19. The second-order valence-electron chi connectivity index (χ2n) is 6.30. The topological polar surface area (TPSA) is 64.1 Å². The van der Waals surface area contributed by atoms with E-state index in [1.807, 2.05) is 29.6 Å². The SMILES string of the molecule is CC(C)COc1cccc(C(=O)NCc2csc(-c3ccncc3)n2)c1. The van der Waals surface area contributed by atoms with Crippen molar-refractivity contribution < 1.29 is 9.53 Å². The first-order valence-corrected chi connectivity index (χ1v) is 9.35. The number of amides is 1. The lowest BCUT2D eigenvalue weighted by Crippen LogP contribution is -2.23. The van der Waals surface area contributed by atoms with Crippen molar-refractivity contribution in [3.8, 4) is 16.3 Å². The minimum Gasteiger partial charge on any atom is -0.493 e. The van der Waals surface area contributed by atoms with E-state index >= 15 is 0 Å². The number of carbonyl (C=O) groups excluding carboxylic acids is 1. The van der Waals surface area contributed by atoms with Crippen LogP contribution in [0.2, 0.25) is 0 Å². The first-order valence-electron chi connectivity index (χ1n) is 8.47. The summed E-state index contributed by atoms with van der Waals surface area (Å²) in [6.07, 6.45) is 3.49. The third-order valence-corrected chi connectivity index (χ3v) is 4.53. The normalized spacial score (nSPS) is 10.7. The molecule has 3 rings (SSSR count). The van der Waals surface area contributed by atoms with Crippen LogP contribution in [0.1, 0.15) is 29.9 Å². The molecule has 1 N–H and O–H groups in total. The van der Waals surface area contributed by atoms with Gasteiger partial charge in [-0.05, 0) is 36.2 Å². The van der Waals surface area contributed by atoms with Crippen molar-refractivity contribution in [2.45, 2.75) is 20.4 Å². The van der Waals surface area contributed by atoms with E-state index in [-0.39, 0.29) is 5.91 Å². The Balaban J connectivity index is 1.59. The molecule has 3 aromatic rings. The van der Waals surface area contributed by atoms with Gasteiger partial charge in [-0.2, -0.15) is 0 Å². The number of rotatable bonds is 7. The van der Waals surface area contributed by atoms with Crippen LogP contribution in [0.3, 0.4) is 0 Å². The van der Waals surface area contributed by atoms with Crippen molar-refractivity contribution in [3.05, 3.63) is 65.4 Å². The van der Waals surface area contributed by atoms with Crippen molar-refractivity contribution in [1.82, 2.24) is 15.3 Å². The van der Waals surface area contributed by atoms with Crippen LogP contribution in [0, 0.1) is 5.92 Å². The zero-order valence-corrected chi connectivity index (χ0v) is 15.6. The summed E-state index contributed by atoms with van der Waals surface area (Å²) < 4.78 is 5.68. The maximum Gasteiger partial charge on any atom is 0.251 e. The summed E-state index contributed by atoms with van der Waals surface area (Å²) in [6, 6.07) is 11.1. The zero-order chi connectivity index (χ0) is 18.4. The fourth-order valence-corrected chi connectivity index (χ4v) is 3.10. The Morgan fingerprint density at radius 2 is 2.04 bits per heavy atom. The van der Waals surface area contributed by atoms with Crippen LogP contribution in [0.25, 0.3) is 10.6 Å². The number of pyridine rings is 1. The molecule has 0 fully saturated rings. The molecule has 26 heavy (non-hydrogen) atoms. The lowest BCUT2D eigenvalue weighted by molar-refractivity contribution is 0.0950. The van der Waals surface area contributed by atoms with Gasteiger partial charge in [-0.15, -0.1) is 11.3 Å². The van der Waals surface area contributed by atoms with E-state index in [1.54, 1.807) is 35.9 Å². The number of hydrogen-bond acceptors (Lipinski definition) is 5. The maximum absolute atomic E-state index is 12.4. The molecule has 0 saturated heterocycles. The molecule has 0 atom stereocenters. The van der Waals surface area contributed by atoms with E-state index in [1.165, 1.54) is 0 Å². The molecular formula is C20H21N3O2S. The van der Waals surface area contributed by atoms with Crippen molar-refractivity contribution >= 4 is 17.2 Å². The second kappa shape index (κ2) is 8.58. The maximum atomic E-state index is 12.4. The Morgan fingerprint density at radius 3 is 2.81 bits per heavy atom. The molecule has 6 heteroatoms. The number of carbonyl (C=O) groups is 1. The summed E-state index contributed by atoms with van der Waals surface area (Å²) in [7, 11) is 0. The van der Waals surface area contributed by atoms with Gasteiger partial charge in [0.05, 0.1) is 18.8 Å². The van der Waals surface area contributed by atoms with E-state index in [9.17, 15) is 4.79 Å². The molecule has 1 aromatic carbocycles. The van der Waals surface area contributed by atoms with E-state index in [4.69, 9.17) is 4.74 Å². The second-order valence-corrected chi connectivity index (χ2v) is 7.15. The van der Waals surface area contributed by atoms with Crippen LogP contribution >= 0.6 is 11.3 Å². The number of nitrogens with zero attached hydrogens (tertiary/aromatic N) is 2. The van der Waals surface area contributed by atoms with Gasteiger partial charge in [-0.1, -0.05) is 19.9 Å². The first kappa shape index (κ1) is 18.1. The monoisotopic (exact) mass is 367 g/mol. The summed E-state index contributed by atoms with van der Waals surface area (Å²) in [4.78, 5) is 21.0. The van der Waals surface area contributed by atoms with Gasteiger partial charge in [-0.25, -0.2) is 4.98 Å². The van der Waals surface area contributed by atoms with Gasteiger partial charge >= 0.3 is 0 Å². The van der Waals surface area contributed by atoms with E-state index in [2.05, 4.69) is 29.1 Å². The van der Waals surface area contributed by atoms with Crippen molar-refractivity contribution in [2.24, 2.45) is 5.92 Å². The molecule has 134 valence electrons. The average molecular weight is 367 g/mol. The largest absolute Gasteiger partial charge is 0.493 e. The Hall–Kier alpha value is -2.73. The van der Waals surface area contributed by atoms with Crippen LogP contribution in [0.15, 0.2) is 54.2 Å². The molecule has 0 aliphatic rings. The number of nitrogens with one attached hydrogen (secondary N) is 1. The average Bonchev–Trinajstić information content (AvgIpc) is 3.14. The summed E-state index contributed by atoms with van der Waals surface area (Å²) in [5, 5.41) is 5.78. The van der Waals surface area contributed by atoms with Crippen molar-refractivity contribution in [2.75, 3.05) is 6.61 Å². The molecule has 2 heterocycles. The minimum atomic E-state index is -0.140. The number of benzene rings is 1. The molecule has 0 saturated carbocycles. The van der Waals surface area contributed by atoms with Gasteiger partial charge in [0.1, 0.15) is 10.8 Å². The number of ether oxygens (including phenoxy) is 1. The summed E-state index contributed by atoms with van der Waals surface area (Å²) in [5.74, 6) is 1.00. The van der Waals surface area contributed by atoms with Crippen LogP contribution in [0.4, 0.5) is 0 Å². The highest BCUT2D eigenvalue weighted by Crippen LogP contribution is 2.22. The minimum absolute atomic E-state index is 0.140. The van der Waals surface area contributed by atoms with E-state index in [0.717, 1.165) is 16.3 Å².